The van der Waals surface area contributed by atoms with E-state index >= 15 is 0 Å². The molecule has 2 heterocycles. The number of anilines is 1. The monoisotopic (exact) mass is 754 g/mol. The van der Waals surface area contributed by atoms with Gasteiger partial charge in [-0.25, -0.2) is 4.79 Å². The molecule has 1 fully saturated rings. The molecule has 0 aliphatic carbocycles. The predicted molar refractivity (Wildman–Crippen MR) is 129 cm³/mol. The number of hydrogen-bond donors (Lipinski definition) is 3. The van der Waals surface area contributed by atoms with Gasteiger partial charge < -0.3 is 15.6 Å². The highest BCUT2D eigenvalue weighted by Gasteiger charge is 2.41. The second kappa shape index (κ2) is 9.81. The third-order valence-electron chi connectivity index (χ3n) is 3.88. The molecule has 3 rings (SSSR count). The summed E-state index contributed by atoms with van der Waals surface area (Å²) in [6, 6.07) is 3.96. The van der Waals surface area contributed by atoms with Crippen molar-refractivity contribution >= 4 is 81.8 Å². The zero-order chi connectivity index (χ0) is 21.3. The molecule has 0 bridgehead atoms. The van der Waals surface area contributed by atoms with Crippen LogP contribution in [0.5, 0.6) is 0 Å². The molecule has 29 heavy (non-hydrogen) atoms. The fraction of sp³-hybridized carbons (Fsp3) is 0.250. The lowest BCUT2D eigenvalue weighted by atomic mass is 10.2. The third kappa shape index (κ3) is 5.64. The SMILES string of the molecule is Nc1nc(=O)n([C@H]2C[C@@H](O)[C@@H](O[P+](=O)O)O2)cc1C#Cc1cc(I)c(I)cc1I. The maximum atomic E-state index is 12.2. The largest absolute Gasteiger partial charge is 0.697 e. The van der Waals surface area contributed by atoms with E-state index in [9.17, 15) is 14.5 Å². The first-order valence-electron chi connectivity index (χ1n) is 7.87. The van der Waals surface area contributed by atoms with Crippen molar-refractivity contribution in [2.24, 2.45) is 0 Å². The van der Waals surface area contributed by atoms with Gasteiger partial charge in [-0.2, -0.15) is 4.98 Å². The van der Waals surface area contributed by atoms with Crippen LogP contribution in [0.3, 0.4) is 0 Å². The van der Waals surface area contributed by atoms with E-state index in [-0.39, 0.29) is 12.2 Å². The number of benzene rings is 1. The number of nitrogens with two attached hydrogens (primary N) is 1. The quantitative estimate of drug-likeness (QED) is 0.188. The molecule has 0 radical (unpaired) electrons. The van der Waals surface area contributed by atoms with Gasteiger partial charge in [-0.15, -0.1) is 4.89 Å². The number of aromatic nitrogens is 2. The summed E-state index contributed by atoms with van der Waals surface area (Å²) in [5.41, 5.74) is 6.27. The number of nitrogens with zero attached hydrogens (tertiary/aromatic N) is 2. The second-order valence-electron chi connectivity index (χ2n) is 5.83. The fourth-order valence-electron chi connectivity index (χ4n) is 2.52. The Morgan fingerprint density at radius 3 is 2.59 bits per heavy atom. The van der Waals surface area contributed by atoms with E-state index in [0.29, 0.717) is 5.56 Å². The summed E-state index contributed by atoms with van der Waals surface area (Å²) >= 11 is 6.66. The molecule has 0 saturated carbocycles. The van der Waals surface area contributed by atoms with Gasteiger partial charge in [0.25, 0.3) is 0 Å². The Hall–Kier alpha value is -0.410. The smallest absolute Gasteiger partial charge is 0.387 e. The number of hydrogen-bond acceptors (Lipinski definition) is 7. The normalized spacial score (nSPS) is 21.6. The molecular formula is C16H12I3N3O6P+. The van der Waals surface area contributed by atoms with Crippen molar-refractivity contribution in [3.63, 3.8) is 0 Å². The van der Waals surface area contributed by atoms with Crippen molar-refractivity contribution in [2.45, 2.75) is 25.0 Å². The zero-order valence-corrected chi connectivity index (χ0v) is 21.6. The van der Waals surface area contributed by atoms with Crippen LogP contribution in [-0.2, 0) is 13.8 Å². The van der Waals surface area contributed by atoms with Gasteiger partial charge in [0.05, 0.1) is 5.56 Å². The summed E-state index contributed by atoms with van der Waals surface area (Å²) in [6.07, 6.45) is -2.09. The molecule has 4 atom stereocenters. The van der Waals surface area contributed by atoms with Crippen LogP contribution in [-0.4, -0.2) is 31.9 Å². The maximum absolute atomic E-state index is 12.2. The van der Waals surface area contributed by atoms with Gasteiger partial charge in [0.1, 0.15) is 18.1 Å². The number of halogens is 3. The minimum absolute atomic E-state index is 0.0283. The Labute approximate surface area is 206 Å². The highest BCUT2D eigenvalue weighted by Crippen LogP contribution is 2.33. The summed E-state index contributed by atoms with van der Waals surface area (Å²) in [6.45, 7) is 0. The van der Waals surface area contributed by atoms with Crippen LogP contribution in [0.2, 0.25) is 0 Å². The molecule has 1 saturated heterocycles. The summed E-state index contributed by atoms with van der Waals surface area (Å²) in [4.78, 5) is 24.8. The van der Waals surface area contributed by atoms with Gasteiger partial charge in [0.2, 0.25) is 6.29 Å². The van der Waals surface area contributed by atoms with Crippen LogP contribution in [0.4, 0.5) is 5.82 Å². The number of rotatable bonds is 3. The van der Waals surface area contributed by atoms with E-state index in [4.69, 9.17) is 15.4 Å². The molecule has 9 nitrogen and oxygen atoms in total. The first kappa shape index (κ1) is 23.3. The number of nitrogen functional groups attached to an aromatic ring is 1. The zero-order valence-electron chi connectivity index (χ0n) is 14.3. The van der Waals surface area contributed by atoms with Crippen LogP contribution in [0.1, 0.15) is 23.8 Å². The standard InChI is InChI=1S/C16H11I3N3O6P/c17-9-4-11(19)10(18)3-7(9)1-2-8-6-22(16(24)21-14(8)20)13-5-12(23)15(27-13)28-29(25)26/h3-4,6,12-13,15,23H,5H2,(H2-,20,21,24,25,26)/p+1/t12-,13-,15-/m1/s1. The lowest BCUT2D eigenvalue weighted by Crippen LogP contribution is -2.28. The molecule has 1 aliphatic rings. The topological polar surface area (TPSA) is 137 Å². The Kier molecular flexibility index (Phi) is 7.87. The van der Waals surface area contributed by atoms with Gasteiger partial charge in [0, 0.05) is 33.5 Å². The lowest BCUT2D eigenvalue weighted by Gasteiger charge is -2.13. The van der Waals surface area contributed by atoms with Gasteiger partial charge in [0.15, 0.2) is 0 Å². The minimum Gasteiger partial charge on any atom is -0.387 e. The minimum atomic E-state index is -2.97. The molecule has 0 amide bonds. The number of ether oxygens (including phenoxy) is 1. The predicted octanol–water partition coefficient (Wildman–Crippen LogP) is 2.31. The van der Waals surface area contributed by atoms with Crippen molar-refractivity contribution in [1.82, 2.24) is 9.55 Å². The van der Waals surface area contributed by atoms with Crippen LogP contribution in [0.25, 0.3) is 0 Å². The lowest BCUT2D eigenvalue weighted by molar-refractivity contribution is -0.126. The number of aliphatic hydroxyl groups excluding tert-OH is 1. The van der Waals surface area contributed by atoms with E-state index in [0.717, 1.165) is 20.8 Å². The molecule has 4 N–H and O–H groups in total. The average molecular weight is 754 g/mol. The summed E-state index contributed by atoms with van der Waals surface area (Å²) in [7, 11) is -2.97. The molecule has 1 aliphatic heterocycles. The van der Waals surface area contributed by atoms with E-state index in [1.807, 2.05) is 12.1 Å². The van der Waals surface area contributed by atoms with Crippen molar-refractivity contribution in [1.29, 1.82) is 0 Å². The van der Waals surface area contributed by atoms with Crippen LogP contribution in [0, 0.1) is 22.6 Å². The Morgan fingerprint density at radius 1 is 1.24 bits per heavy atom. The first-order chi connectivity index (χ1) is 13.7. The van der Waals surface area contributed by atoms with Crippen LogP contribution >= 0.6 is 76.0 Å². The molecule has 0 spiro atoms. The highest BCUT2D eigenvalue weighted by molar-refractivity contribution is 14.1. The Morgan fingerprint density at radius 2 is 1.90 bits per heavy atom. The molecule has 152 valence electrons. The molecule has 1 aromatic heterocycles. The van der Waals surface area contributed by atoms with Crippen molar-refractivity contribution < 1.29 is 23.8 Å². The van der Waals surface area contributed by atoms with Crippen molar-refractivity contribution in [3.8, 4) is 11.8 Å². The third-order valence-corrected chi connectivity index (χ3v) is 7.97. The van der Waals surface area contributed by atoms with Gasteiger partial charge in [-0.05, 0) is 79.9 Å². The van der Waals surface area contributed by atoms with Crippen molar-refractivity contribution in [3.05, 3.63) is 50.7 Å². The Balaban J connectivity index is 1.93. The first-order valence-corrected chi connectivity index (χ1v) is 12.2. The fourth-order valence-corrected chi connectivity index (χ4v) is 5.02. The summed E-state index contributed by atoms with van der Waals surface area (Å²) in [5, 5.41) is 9.94. The molecular weight excluding hydrogens is 742 g/mol. The average Bonchev–Trinajstić information content (AvgIpc) is 2.98. The van der Waals surface area contributed by atoms with E-state index in [2.05, 4.69) is 89.1 Å². The summed E-state index contributed by atoms with van der Waals surface area (Å²) < 4.78 is 25.1. The summed E-state index contributed by atoms with van der Waals surface area (Å²) in [5.74, 6) is 5.92. The van der Waals surface area contributed by atoms with E-state index < -0.39 is 32.6 Å². The molecule has 2 aromatic rings. The van der Waals surface area contributed by atoms with Gasteiger partial charge in [-0.3, -0.25) is 4.57 Å². The van der Waals surface area contributed by atoms with Gasteiger partial charge in [-0.1, -0.05) is 16.4 Å². The molecule has 1 unspecified atom stereocenters. The second-order valence-corrected chi connectivity index (χ2v) is 10.0. The van der Waals surface area contributed by atoms with Crippen molar-refractivity contribution in [2.75, 3.05) is 5.73 Å². The van der Waals surface area contributed by atoms with Gasteiger partial charge >= 0.3 is 13.9 Å². The van der Waals surface area contributed by atoms with Crippen LogP contribution in [0.15, 0.2) is 23.1 Å². The van der Waals surface area contributed by atoms with Crippen LogP contribution < -0.4 is 11.4 Å². The highest BCUT2D eigenvalue weighted by atomic mass is 127. The van der Waals surface area contributed by atoms with E-state index in [1.165, 1.54) is 6.20 Å². The maximum Gasteiger partial charge on any atom is 0.697 e. The number of aliphatic hydroxyl groups is 1. The van der Waals surface area contributed by atoms with E-state index in [1.54, 1.807) is 0 Å². The molecule has 13 heteroatoms. The Bertz CT molecular complexity index is 1100. The molecule has 1 aromatic carbocycles.